The number of aromatic nitrogens is 3. The number of anilines is 1. The van der Waals surface area contributed by atoms with Gasteiger partial charge in [0.15, 0.2) is 0 Å². The molecule has 2 aromatic heterocycles. The summed E-state index contributed by atoms with van der Waals surface area (Å²) >= 11 is 1.67. The Morgan fingerprint density at radius 3 is 2.84 bits per heavy atom. The summed E-state index contributed by atoms with van der Waals surface area (Å²) in [6.07, 6.45) is 4.26. The molecule has 6 nitrogen and oxygen atoms in total. The number of nitrogens with zero attached hydrogens (tertiary/aromatic N) is 3. The Morgan fingerprint density at radius 2 is 2.12 bits per heavy atom. The molecule has 0 atom stereocenters. The molecule has 0 aliphatic heterocycles. The molecule has 0 spiro atoms. The van der Waals surface area contributed by atoms with E-state index in [9.17, 15) is 4.79 Å². The number of amides is 2. The molecule has 0 radical (unpaired) electrons. The van der Waals surface area contributed by atoms with Crippen molar-refractivity contribution in [2.45, 2.75) is 26.2 Å². The van der Waals surface area contributed by atoms with Gasteiger partial charge in [-0.1, -0.05) is 26.0 Å². The molecule has 0 unspecified atom stereocenters. The third-order valence-corrected chi connectivity index (χ3v) is 4.83. The fraction of sp³-hybridized carbons (Fsp3) is 0.278. The quantitative estimate of drug-likeness (QED) is 0.706. The van der Waals surface area contributed by atoms with Gasteiger partial charge >= 0.3 is 6.03 Å². The van der Waals surface area contributed by atoms with E-state index in [1.54, 1.807) is 22.2 Å². The second-order valence-corrected chi connectivity index (χ2v) is 6.82. The van der Waals surface area contributed by atoms with Crippen molar-refractivity contribution >= 4 is 23.1 Å². The van der Waals surface area contributed by atoms with Crippen LogP contribution in [0.25, 0.3) is 5.69 Å². The van der Waals surface area contributed by atoms with Crippen LogP contribution in [0.3, 0.4) is 0 Å². The monoisotopic (exact) mass is 355 g/mol. The number of para-hydroxylation sites is 2. The van der Waals surface area contributed by atoms with Crippen LogP contribution < -0.4 is 10.6 Å². The Kier molecular flexibility index (Phi) is 5.45. The summed E-state index contributed by atoms with van der Waals surface area (Å²) in [4.78, 5) is 16.7. The van der Waals surface area contributed by atoms with Gasteiger partial charge in [0.1, 0.15) is 0 Å². The van der Waals surface area contributed by atoms with Gasteiger partial charge in [0.2, 0.25) is 0 Å². The molecule has 2 heterocycles. The van der Waals surface area contributed by atoms with E-state index in [2.05, 4.69) is 39.9 Å². The molecule has 0 saturated heterocycles. The maximum absolute atomic E-state index is 12.2. The highest BCUT2D eigenvalue weighted by Gasteiger charge is 2.09. The molecule has 1 aromatic carbocycles. The van der Waals surface area contributed by atoms with Gasteiger partial charge in [-0.15, -0.1) is 11.3 Å². The highest BCUT2D eigenvalue weighted by molar-refractivity contribution is 7.09. The normalized spacial score (nSPS) is 10.8. The number of carbonyl (C=O) groups is 1. The molecule has 0 fully saturated rings. The molecule has 0 aliphatic rings. The number of benzene rings is 1. The van der Waals surface area contributed by atoms with Crippen molar-refractivity contribution in [3.8, 4) is 5.69 Å². The van der Waals surface area contributed by atoms with Crippen molar-refractivity contribution in [1.82, 2.24) is 20.1 Å². The maximum Gasteiger partial charge on any atom is 0.319 e. The van der Waals surface area contributed by atoms with Crippen LogP contribution in [-0.4, -0.2) is 27.3 Å². The van der Waals surface area contributed by atoms with Crippen molar-refractivity contribution in [1.29, 1.82) is 0 Å². The molecule has 130 valence electrons. The molecule has 0 aliphatic carbocycles. The van der Waals surface area contributed by atoms with Gasteiger partial charge in [0.05, 0.1) is 22.1 Å². The Balaban J connectivity index is 1.55. The van der Waals surface area contributed by atoms with E-state index >= 15 is 0 Å². The van der Waals surface area contributed by atoms with Crippen LogP contribution in [0.15, 0.2) is 48.1 Å². The van der Waals surface area contributed by atoms with Crippen LogP contribution in [0, 0.1) is 0 Å². The second kappa shape index (κ2) is 7.94. The summed E-state index contributed by atoms with van der Waals surface area (Å²) in [6, 6.07) is 9.16. The van der Waals surface area contributed by atoms with Gasteiger partial charge < -0.3 is 10.6 Å². The summed E-state index contributed by atoms with van der Waals surface area (Å²) in [7, 11) is 0. The average Bonchev–Trinajstić information content (AvgIpc) is 3.27. The molecule has 0 saturated carbocycles. The van der Waals surface area contributed by atoms with Gasteiger partial charge in [-0.2, -0.15) is 5.10 Å². The first kappa shape index (κ1) is 17.2. The van der Waals surface area contributed by atoms with Gasteiger partial charge in [-0.25, -0.2) is 14.5 Å². The van der Waals surface area contributed by atoms with Crippen LogP contribution in [0.2, 0.25) is 0 Å². The largest absolute Gasteiger partial charge is 0.337 e. The van der Waals surface area contributed by atoms with Crippen LogP contribution in [0.1, 0.15) is 30.5 Å². The van der Waals surface area contributed by atoms with Crippen molar-refractivity contribution < 1.29 is 4.79 Å². The maximum atomic E-state index is 12.2. The van der Waals surface area contributed by atoms with Crippen LogP contribution in [0.5, 0.6) is 0 Å². The topological polar surface area (TPSA) is 71.8 Å². The molecular weight excluding hydrogens is 334 g/mol. The minimum atomic E-state index is -0.237. The summed E-state index contributed by atoms with van der Waals surface area (Å²) in [5.74, 6) is 0.439. The lowest BCUT2D eigenvalue weighted by molar-refractivity contribution is 0.252. The Labute approximate surface area is 150 Å². The summed E-state index contributed by atoms with van der Waals surface area (Å²) in [5, 5.41) is 13.2. The Hall–Kier alpha value is -2.67. The van der Waals surface area contributed by atoms with E-state index in [-0.39, 0.29) is 6.03 Å². The third-order valence-electron chi connectivity index (χ3n) is 3.63. The number of rotatable bonds is 6. The van der Waals surface area contributed by atoms with Crippen LogP contribution in [0.4, 0.5) is 10.5 Å². The number of hydrogen-bond acceptors (Lipinski definition) is 4. The Morgan fingerprint density at radius 1 is 1.28 bits per heavy atom. The SMILES string of the molecule is CC(C)c1nc(CCNC(=O)Nc2ccccc2-n2cccn2)cs1. The zero-order valence-corrected chi connectivity index (χ0v) is 15.1. The second-order valence-electron chi connectivity index (χ2n) is 5.93. The third kappa shape index (κ3) is 4.45. The number of hydrogen-bond donors (Lipinski definition) is 2. The lowest BCUT2D eigenvalue weighted by Gasteiger charge is -2.11. The molecule has 2 amide bonds. The van der Waals surface area contributed by atoms with Gasteiger partial charge in [-0.05, 0) is 18.2 Å². The first-order chi connectivity index (χ1) is 12.1. The highest BCUT2D eigenvalue weighted by Crippen LogP contribution is 2.20. The van der Waals surface area contributed by atoms with E-state index in [1.807, 2.05) is 36.5 Å². The van der Waals surface area contributed by atoms with Crippen LogP contribution in [-0.2, 0) is 6.42 Å². The number of carbonyl (C=O) groups excluding carboxylic acids is 1. The average molecular weight is 355 g/mol. The smallest absolute Gasteiger partial charge is 0.319 e. The fourth-order valence-corrected chi connectivity index (χ4v) is 3.23. The van der Waals surface area contributed by atoms with E-state index in [0.717, 1.165) is 22.8 Å². The predicted molar refractivity (Wildman–Crippen MR) is 100 cm³/mol. The number of thiazole rings is 1. The minimum absolute atomic E-state index is 0.237. The van der Waals surface area contributed by atoms with E-state index in [0.29, 0.717) is 18.2 Å². The lowest BCUT2D eigenvalue weighted by atomic mass is 10.2. The molecule has 3 rings (SSSR count). The molecular formula is C18H21N5OS. The van der Waals surface area contributed by atoms with E-state index in [1.165, 1.54) is 0 Å². The van der Waals surface area contributed by atoms with Crippen molar-refractivity contribution in [2.75, 3.05) is 11.9 Å². The van der Waals surface area contributed by atoms with E-state index < -0.39 is 0 Å². The number of nitrogens with one attached hydrogen (secondary N) is 2. The summed E-state index contributed by atoms with van der Waals surface area (Å²) in [6.45, 7) is 4.80. The zero-order valence-electron chi connectivity index (χ0n) is 14.3. The van der Waals surface area contributed by atoms with Crippen molar-refractivity contribution in [3.63, 3.8) is 0 Å². The summed E-state index contributed by atoms with van der Waals surface area (Å²) < 4.78 is 1.72. The molecule has 0 bridgehead atoms. The summed E-state index contributed by atoms with van der Waals surface area (Å²) in [5.41, 5.74) is 2.55. The van der Waals surface area contributed by atoms with Gasteiger partial charge in [0, 0.05) is 36.7 Å². The molecule has 7 heteroatoms. The minimum Gasteiger partial charge on any atom is -0.337 e. The van der Waals surface area contributed by atoms with Crippen molar-refractivity contribution in [3.05, 3.63) is 58.8 Å². The van der Waals surface area contributed by atoms with Crippen molar-refractivity contribution in [2.24, 2.45) is 0 Å². The first-order valence-electron chi connectivity index (χ1n) is 8.21. The molecule has 25 heavy (non-hydrogen) atoms. The first-order valence-corrected chi connectivity index (χ1v) is 9.09. The van der Waals surface area contributed by atoms with Gasteiger partial charge in [0.25, 0.3) is 0 Å². The lowest BCUT2D eigenvalue weighted by Crippen LogP contribution is -2.30. The Bertz CT molecular complexity index is 826. The predicted octanol–water partition coefficient (Wildman–Crippen LogP) is 3.82. The van der Waals surface area contributed by atoms with Crippen LogP contribution >= 0.6 is 11.3 Å². The fourth-order valence-electron chi connectivity index (χ4n) is 2.36. The standard InChI is InChI=1S/C18H21N5OS/c1-13(2)17-21-14(12-25-17)8-10-19-18(24)22-15-6-3-4-7-16(15)23-11-5-9-20-23/h3-7,9,11-13H,8,10H2,1-2H3,(H2,19,22,24). The number of urea groups is 1. The molecule has 3 aromatic rings. The highest BCUT2D eigenvalue weighted by atomic mass is 32.1. The van der Waals surface area contributed by atoms with E-state index in [4.69, 9.17) is 0 Å². The molecule has 2 N–H and O–H groups in total. The zero-order chi connectivity index (χ0) is 17.6. The van der Waals surface area contributed by atoms with Gasteiger partial charge in [-0.3, -0.25) is 0 Å².